The smallest absolute Gasteiger partial charge is 0.300 e. The van der Waals surface area contributed by atoms with E-state index in [9.17, 15) is 5.11 Å². The van der Waals surface area contributed by atoms with E-state index < -0.39 is 0 Å². The molecule has 0 radical (unpaired) electrons. The number of aliphatic imine (C=N–C) groups is 1. The molecule has 3 atom stereocenters. The van der Waals surface area contributed by atoms with Gasteiger partial charge in [0.2, 0.25) is 0 Å². The molecule has 1 fully saturated rings. The van der Waals surface area contributed by atoms with E-state index in [1.54, 1.807) is 6.92 Å². The van der Waals surface area contributed by atoms with Gasteiger partial charge in [0, 0.05) is 0 Å². The highest BCUT2D eigenvalue weighted by atomic mass is 32.1. The molecule has 1 saturated carbocycles. The monoisotopic (exact) mass is 269 g/mol. The number of ether oxygens (including phenoxy) is 1. The fraction of sp³-hybridized carbons (Fsp3) is 0.786. The summed E-state index contributed by atoms with van der Waals surface area (Å²) in [5.41, 5.74) is 0.394. The van der Waals surface area contributed by atoms with Gasteiger partial charge < -0.3 is 9.84 Å². The van der Waals surface area contributed by atoms with E-state index >= 15 is 0 Å². The highest BCUT2D eigenvalue weighted by molar-refractivity contribution is 7.78. The molecule has 1 aliphatic carbocycles. The van der Waals surface area contributed by atoms with Crippen molar-refractivity contribution < 1.29 is 9.84 Å². The summed E-state index contributed by atoms with van der Waals surface area (Å²) in [6.07, 6.45) is 3.46. The fourth-order valence-corrected chi connectivity index (χ4v) is 2.73. The second-order valence-electron chi connectivity index (χ2n) is 5.58. The average molecular weight is 269 g/mol. The number of aliphatic hydroxyl groups is 1. The molecule has 0 aromatic heterocycles. The molecule has 0 heterocycles. The Morgan fingerprint density at radius 3 is 2.67 bits per heavy atom. The third-order valence-electron chi connectivity index (χ3n) is 3.75. The van der Waals surface area contributed by atoms with Crippen molar-refractivity contribution in [1.82, 2.24) is 0 Å². The predicted molar refractivity (Wildman–Crippen MR) is 76.6 cm³/mol. The summed E-state index contributed by atoms with van der Waals surface area (Å²) in [7, 11) is 0. The number of aliphatic hydroxyl groups excluding tert-OH is 1. The molecule has 1 aliphatic rings. The zero-order chi connectivity index (χ0) is 13.7. The minimum Gasteiger partial charge on any atom is -0.480 e. The van der Waals surface area contributed by atoms with Crippen LogP contribution in [0, 0.1) is 17.8 Å². The Kier molecular flexibility index (Phi) is 5.83. The second kappa shape index (κ2) is 6.91. The molecule has 0 unspecified atom stereocenters. The minimum atomic E-state index is -0.114. The predicted octanol–water partition coefficient (Wildman–Crippen LogP) is 4.31. The van der Waals surface area contributed by atoms with Gasteiger partial charge in [0.25, 0.3) is 5.95 Å². The van der Waals surface area contributed by atoms with E-state index in [2.05, 4.69) is 43.1 Å². The first-order valence-electron chi connectivity index (χ1n) is 6.60. The number of hydrogen-bond donors (Lipinski definition) is 1. The molecule has 0 amide bonds. The third kappa shape index (κ3) is 4.11. The number of isothiocyanates is 1. The zero-order valence-corrected chi connectivity index (χ0v) is 12.5. The summed E-state index contributed by atoms with van der Waals surface area (Å²) in [6, 6.07) is 0. The SMILES string of the molecule is C/C(N=C=S)=C(/O)O[C@@H]1C[C@H](C)CC[C@H]1C(C)C. The van der Waals surface area contributed by atoms with Crippen LogP contribution in [0.4, 0.5) is 0 Å². The van der Waals surface area contributed by atoms with Gasteiger partial charge in [0.05, 0.1) is 5.16 Å². The van der Waals surface area contributed by atoms with Gasteiger partial charge in [-0.2, -0.15) is 4.99 Å². The Balaban J connectivity index is 2.77. The van der Waals surface area contributed by atoms with Gasteiger partial charge in [-0.1, -0.05) is 27.2 Å². The van der Waals surface area contributed by atoms with Crippen LogP contribution in [0.3, 0.4) is 0 Å². The van der Waals surface area contributed by atoms with Gasteiger partial charge in [0.15, 0.2) is 0 Å². The van der Waals surface area contributed by atoms with Crippen molar-refractivity contribution in [2.45, 2.75) is 53.1 Å². The maximum Gasteiger partial charge on any atom is 0.300 e. The number of rotatable bonds is 4. The van der Waals surface area contributed by atoms with Gasteiger partial charge in [-0.15, -0.1) is 0 Å². The van der Waals surface area contributed by atoms with Crippen LogP contribution in [-0.2, 0) is 4.74 Å². The standard InChI is InChI=1S/C14H23NO2S/c1-9(2)12-6-5-10(3)7-13(12)17-14(16)11(4)15-8-18/h9-10,12-13,16H,5-7H2,1-4H3/b14-11+/t10-,12+,13-/m1/s1. The number of thiocarbonyl (C=S) groups is 1. The van der Waals surface area contributed by atoms with Crippen LogP contribution in [0.15, 0.2) is 16.6 Å². The van der Waals surface area contributed by atoms with Crippen LogP contribution in [0.5, 0.6) is 0 Å². The van der Waals surface area contributed by atoms with Crippen molar-refractivity contribution in [3.05, 3.63) is 11.6 Å². The van der Waals surface area contributed by atoms with Gasteiger partial charge >= 0.3 is 0 Å². The van der Waals surface area contributed by atoms with E-state index in [0.29, 0.717) is 23.5 Å². The van der Waals surface area contributed by atoms with Crippen LogP contribution in [0.2, 0.25) is 0 Å². The summed E-state index contributed by atoms with van der Waals surface area (Å²) >= 11 is 4.52. The Morgan fingerprint density at radius 1 is 1.44 bits per heavy atom. The summed E-state index contributed by atoms with van der Waals surface area (Å²) in [4.78, 5) is 3.75. The molecule has 3 nitrogen and oxygen atoms in total. The Bertz CT molecular complexity index is 359. The first-order valence-corrected chi connectivity index (χ1v) is 7.00. The molecule has 4 heteroatoms. The fourth-order valence-electron chi connectivity index (χ4n) is 2.60. The van der Waals surface area contributed by atoms with E-state index in [-0.39, 0.29) is 12.0 Å². The molecular weight excluding hydrogens is 246 g/mol. The summed E-state index contributed by atoms with van der Waals surface area (Å²) in [5, 5.41) is 12.1. The molecule has 1 rings (SSSR count). The molecule has 0 spiro atoms. The lowest BCUT2D eigenvalue weighted by atomic mass is 9.75. The molecule has 0 aromatic rings. The normalized spacial score (nSPS) is 29.5. The Morgan fingerprint density at radius 2 is 2.11 bits per heavy atom. The number of hydrogen-bond acceptors (Lipinski definition) is 4. The van der Waals surface area contributed by atoms with Gasteiger partial charge in [-0.25, -0.2) is 0 Å². The second-order valence-corrected chi connectivity index (χ2v) is 5.76. The molecule has 0 aliphatic heterocycles. The molecule has 0 saturated heterocycles. The third-order valence-corrected chi connectivity index (χ3v) is 3.84. The molecule has 0 aromatic carbocycles. The van der Waals surface area contributed by atoms with Crippen LogP contribution in [0.1, 0.15) is 47.0 Å². The van der Waals surface area contributed by atoms with Crippen LogP contribution >= 0.6 is 12.2 Å². The highest BCUT2D eigenvalue weighted by Gasteiger charge is 2.32. The van der Waals surface area contributed by atoms with Crippen molar-refractivity contribution in [1.29, 1.82) is 0 Å². The molecule has 18 heavy (non-hydrogen) atoms. The van der Waals surface area contributed by atoms with Gasteiger partial charge in [-0.3, -0.25) is 0 Å². The Labute approximate surface area is 115 Å². The maximum absolute atomic E-state index is 9.86. The van der Waals surface area contributed by atoms with E-state index in [0.717, 1.165) is 12.8 Å². The van der Waals surface area contributed by atoms with Crippen molar-refractivity contribution in [3.8, 4) is 0 Å². The summed E-state index contributed by atoms with van der Waals surface area (Å²) in [5.74, 6) is 1.58. The maximum atomic E-state index is 9.86. The molecule has 0 bridgehead atoms. The minimum absolute atomic E-state index is 0.0732. The van der Waals surface area contributed by atoms with Crippen molar-refractivity contribution in [2.24, 2.45) is 22.7 Å². The molecule has 102 valence electrons. The first-order chi connectivity index (χ1) is 8.45. The van der Waals surface area contributed by atoms with Crippen LogP contribution < -0.4 is 0 Å². The molecule has 1 N–H and O–H groups in total. The van der Waals surface area contributed by atoms with Crippen molar-refractivity contribution in [2.75, 3.05) is 0 Å². The Hall–Kier alpha value is -0.860. The van der Waals surface area contributed by atoms with Gasteiger partial charge in [-0.05, 0) is 49.7 Å². The van der Waals surface area contributed by atoms with Crippen molar-refractivity contribution in [3.63, 3.8) is 0 Å². The lowest BCUT2D eigenvalue weighted by Gasteiger charge is -2.36. The number of nitrogens with zero attached hydrogens (tertiary/aromatic N) is 1. The first kappa shape index (κ1) is 15.2. The highest BCUT2D eigenvalue weighted by Crippen LogP contribution is 2.36. The van der Waals surface area contributed by atoms with Crippen molar-refractivity contribution >= 4 is 17.4 Å². The zero-order valence-electron chi connectivity index (χ0n) is 11.6. The van der Waals surface area contributed by atoms with Gasteiger partial charge in [0.1, 0.15) is 11.8 Å². The quantitative estimate of drug-likeness (QED) is 0.469. The lowest BCUT2D eigenvalue weighted by Crippen LogP contribution is -2.34. The molecular formula is C14H23NO2S. The van der Waals surface area contributed by atoms with Crippen LogP contribution in [0.25, 0.3) is 0 Å². The topological polar surface area (TPSA) is 41.8 Å². The van der Waals surface area contributed by atoms with Crippen LogP contribution in [-0.4, -0.2) is 16.4 Å². The van der Waals surface area contributed by atoms with E-state index in [4.69, 9.17) is 4.74 Å². The lowest BCUT2D eigenvalue weighted by molar-refractivity contribution is -0.0459. The summed E-state index contributed by atoms with van der Waals surface area (Å²) in [6.45, 7) is 8.32. The number of allylic oxidation sites excluding steroid dienone is 1. The average Bonchev–Trinajstić information content (AvgIpc) is 2.28. The van der Waals surface area contributed by atoms with E-state index in [1.165, 1.54) is 6.42 Å². The largest absolute Gasteiger partial charge is 0.480 e. The van der Waals surface area contributed by atoms with E-state index in [1.807, 2.05) is 0 Å². The summed E-state index contributed by atoms with van der Waals surface area (Å²) < 4.78 is 5.71.